The molecule has 27 heavy (non-hydrogen) atoms. The first-order chi connectivity index (χ1) is 12.8. The molecule has 0 aliphatic carbocycles. The van der Waals surface area contributed by atoms with Crippen molar-refractivity contribution in [3.63, 3.8) is 0 Å². The number of nitrogens with one attached hydrogen (secondary N) is 1. The number of thiophene rings is 1. The van der Waals surface area contributed by atoms with E-state index in [-0.39, 0.29) is 24.2 Å². The number of nitrogens with two attached hydrogens (primary N) is 1. The van der Waals surface area contributed by atoms with Crippen molar-refractivity contribution in [3.8, 4) is 11.6 Å². The van der Waals surface area contributed by atoms with Gasteiger partial charge in [-0.15, -0.1) is 11.3 Å². The number of halogens is 1. The van der Waals surface area contributed by atoms with Crippen molar-refractivity contribution >= 4 is 33.4 Å². The summed E-state index contributed by atoms with van der Waals surface area (Å²) in [6.45, 7) is 5.62. The first kappa shape index (κ1) is 19.3. The average molecular weight is 395 g/mol. The van der Waals surface area contributed by atoms with Gasteiger partial charge in [-0.3, -0.25) is 9.59 Å². The predicted molar refractivity (Wildman–Crippen MR) is 100 cm³/mol. The molecule has 7 nitrogen and oxygen atoms in total. The van der Waals surface area contributed by atoms with Crippen molar-refractivity contribution in [2.75, 3.05) is 6.61 Å². The van der Waals surface area contributed by atoms with Gasteiger partial charge in [0.1, 0.15) is 17.7 Å². The molecule has 1 aliphatic heterocycles. The third-order valence-electron chi connectivity index (χ3n) is 4.45. The summed E-state index contributed by atoms with van der Waals surface area (Å²) in [7, 11) is 0. The predicted octanol–water partition coefficient (Wildman–Crippen LogP) is 2.42. The second kappa shape index (κ2) is 7.67. The standard InChI is InChI=1S/C18H22FN3O4S/c1-4-9-11(21-17(24)14(9)19)6-25-12-7-27-13-5-10(16(20)23)18(22-15(12)13)26-8(2)3/h5,7-9,11,14H,4,6H2,1-3H3,(H2,20,23)(H,21,24). The number of nitrogens with zero attached hydrogens (tertiary/aromatic N) is 1. The molecule has 3 heterocycles. The van der Waals surface area contributed by atoms with Gasteiger partial charge in [0.15, 0.2) is 11.9 Å². The minimum atomic E-state index is -1.51. The van der Waals surface area contributed by atoms with Crippen LogP contribution in [0.25, 0.3) is 10.2 Å². The van der Waals surface area contributed by atoms with Gasteiger partial charge in [0.05, 0.1) is 16.8 Å². The van der Waals surface area contributed by atoms with E-state index in [1.807, 2.05) is 20.8 Å². The SMILES string of the molecule is CCC1C(COc2csc3cc(C(N)=O)c(OC(C)C)nc23)NC(=O)C1F. The maximum atomic E-state index is 13.9. The first-order valence-corrected chi connectivity index (χ1v) is 9.65. The van der Waals surface area contributed by atoms with Crippen LogP contribution in [-0.2, 0) is 4.79 Å². The molecule has 2 aromatic rings. The van der Waals surface area contributed by atoms with Gasteiger partial charge < -0.3 is 20.5 Å². The molecule has 1 saturated heterocycles. The third kappa shape index (κ3) is 3.83. The molecule has 1 fully saturated rings. The smallest absolute Gasteiger partial charge is 0.255 e. The molecule has 2 aromatic heterocycles. The summed E-state index contributed by atoms with van der Waals surface area (Å²) in [4.78, 5) is 27.7. The lowest BCUT2D eigenvalue weighted by Gasteiger charge is -2.18. The zero-order valence-electron chi connectivity index (χ0n) is 15.3. The van der Waals surface area contributed by atoms with Crippen molar-refractivity contribution in [1.82, 2.24) is 10.3 Å². The van der Waals surface area contributed by atoms with Gasteiger partial charge in [0.2, 0.25) is 5.88 Å². The van der Waals surface area contributed by atoms with E-state index in [0.29, 0.717) is 17.7 Å². The Labute approximate surface area is 160 Å². The number of carbonyl (C=O) groups excluding carboxylic acids is 2. The van der Waals surface area contributed by atoms with E-state index in [0.717, 1.165) is 4.70 Å². The largest absolute Gasteiger partial charge is 0.488 e. The second-order valence-electron chi connectivity index (χ2n) is 6.72. The highest BCUT2D eigenvalue weighted by Gasteiger charge is 2.41. The third-order valence-corrected chi connectivity index (χ3v) is 5.35. The van der Waals surface area contributed by atoms with Gasteiger partial charge in [-0.25, -0.2) is 9.37 Å². The van der Waals surface area contributed by atoms with Crippen LogP contribution < -0.4 is 20.5 Å². The van der Waals surface area contributed by atoms with E-state index >= 15 is 0 Å². The molecule has 1 aliphatic rings. The van der Waals surface area contributed by atoms with Crippen LogP contribution in [0.3, 0.4) is 0 Å². The number of rotatable bonds is 7. The van der Waals surface area contributed by atoms with Crippen LogP contribution in [0.2, 0.25) is 0 Å². The molecule has 3 N–H and O–H groups in total. The molecule has 0 saturated carbocycles. The molecule has 3 unspecified atom stereocenters. The molecule has 2 amide bonds. The van der Waals surface area contributed by atoms with Crippen LogP contribution >= 0.6 is 11.3 Å². The Balaban J connectivity index is 1.85. The summed E-state index contributed by atoms with van der Waals surface area (Å²) in [5.74, 6) is -0.993. The van der Waals surface area contributed by atoms with E-state index in [4.69, 9.17) is 15.2 Å². The summed E-state index contributed by atoms with van der Waals surface area (Å²) in [6, 6.07) is 1.23. The number of hydrogen-bond donors (Lipinski definition) is 2. The van der Waals surface area contributed by atoms with E-state index in [1.165, 1.54) is 11.3 Å². The van der Waals surface area contributed by atoms with Crippen LogP contribution in [-0.4, -0.2) is 41.7 Å². The second-order valence-corrected chi connectivity index (χ2v) is 7.63. The number of carbonyl (C=O) groups is 2. The summed E-state index contributed by atoms with van der Waals surface area (Å²) in [6.07, 6.45) is -1.16. The topological polar surface area (TPSA) is 104 Å². The summed E-state index contributed by atoms with van der Waals surface area (Å²) < 4.78 is 26.1. The number of hydrogen-bond acceptors (Lipinski definition) is 6. The Morgan fingerprint density at radius 2 is 2.22 bits per heavy atom. The number of aromatic nitrogens is 1. The molecule has 9 heteroatoms. The van der Waals surface area contributed by atoms with E-state index in [9.17, 15) is 14.0 Å². The minimum Gasteiger partial charge on any atom is -0.488 e. The van der Waals surface area contributed by atoms with Crippen LogP contribution in [0.4, 0.5) is 4.39 Å². The fraction of sp³-hybridized carbons (Fsp3) is 0.500. The number of pyridine rings is 1. The number of primary amides is 1. The Morgan fingerprint density at radius 3 is 2.85 bits per heavy atom. The highest BCUT2D eigenvalue weighted by Crippen LogP contribution is 2.35. The molecule has 0 bridgehead atoms. The van der Waals surface area contributed by atoms with Crippen LogP contribution in [0.15, 0.2) is 11.4 Å². The first-order valence-electron chi connectivity index (χ1n) is 8.77. The van der Waals surface area contributed by atoms with Crippen LogP contribution in [0.1, 0.15) is 37.6 Å². The quantitative estimate of drug-likeness (QED) is 0.749. The fourth-order valence-electron chi connectivity index (χ4n) is 3.11. The Morgan fingerprint density at radius 1 is 1.48 bits per heavy atom. The molecule has 0 spiro atoms. The average Bonchev–Trinajstić information content (AvgIpc) is 3.12. The highest BCUT2D eigenvalue weighted by molar-refractivity contribution is 7.17. The van der Waals surface area contributed by atoms with Crippen molar-refractivity contribution < 1.29 is 23.5 Å². The van der Waals surface area contributed by atoms with Gasteiger partial charge in [0, 0.05) is 11.3 Å². The lowest BCUT2D eigenvalue weighted by Crippen LogP contribution is -2.34. The molecule has 146 valence electrons. The van der Waals surface area contributed by atoms with Crippen molar-refractivity contribution in [2.45, 2.75) is 45.5 Å². The van der Waals surface area contributed by atoms with Crippen LogP contribution in [0.5, 0.6) is 11.6 Å². The summed E-state index contributed by atoms with van der Waals surface area (Å²) in [5.41, 5.74) is 6.17. The lowest BCUT2D eigenvalue weighted by molar-refractivity contribution is -0.123. The maximum absolute atomic E-state index is 13.9. The molecule has 3 rings (SSSR count). The molecular weight excluding hydrogens is 373 g/mol. The van der Waals surface area contributed by atoms with Gasteiger partial charge >= 0.3 is 0 Å². The van der Waals surface area contributed by atoms with Gasteiger partial charge in [0.25, 0.3) is 11.8 Å². The molecule has 0 radical (unpaired) electrons. The monoisotopic (exact) mass is 395 g/mol. The van der Waals surface area contributed by atoms with E-state index in [1.54, 1.807) is 11.4 Å². The number of amides is 2. The number of fused-ring (bicyclic) bond motifs is 1. The zero-order valence-corrected chi connectivity index (χ0v) is 16.1. The number of alkyl halides is 1. The number of ether oxygens (including phenoxy) is 2. The molecule has 0 aromatic carbocycles. The summed E-state index contributed by atoms with van der Waals surface area (Å²) in [5, 5.41) is 4.39. The maximum Gasteiger partial charge on any atom is 0.255 e. The van der Waals surface area contributed by atoms with Crippen molar-refractivity contribution in [1.29, 1.82) is 0 Å². The summed E-state index contributed by atoms with van der Waals surface area (Å²) >= 11 is 1.35. The highest BCUT2D eigenvalue weighted by atomic mass is 32.1. The van der Waals surface area contributed by atoms with Gasteiger partial charge in [-0.05, 0) is 26.3 Å². The van der Waals surface area contributed by atoms with Crippen molar-refractivity contribution in [3.05, 3.63) is 17.0 Å². The van der Waals surface area contributed by atoms with Crippen LogP contribution in [0, 0.1) is 5.92 Å². The Hall–Kier alpha value is -2.42. The minimum absolute atomic E-state index is 0.135. The Bertz CT molecular complexity index is 870. The van der Waals surface area contributed by atoms with Crippen molar-refractivity contribution in [2.24, 2.45) is 11.7 Å². The zero-order chi connectivity index (χ0) is 19.7. The molecular formula is C18H22FN3O4S. The lowest BCUT2D eigenvalue weighted by atomic mass is 9.97. The fourth-order valence-corrected chi connectivity index (χ4v) is 3.97. The van der Waals surface area contributed by atoms with E-state index < -0.39 is 29.9 Å². The molecule has 3 atom stereocenters. The van der Waals surface area contributed by atoms with Gasteiger partial charge in [-0.2, -0.15) is 0 Å². The van der Waals surface area contributed by atoms with Gasteiger partial charge in [-0.1, -0.05) is 6.92 Å². The van der Waals surface area contributed by atoms with E-state index in [2.05, 4.69) is 10.3 Å². The Kier molecular flexibility index (Phi) is 5.50. The normalized spacial score (nSPS) is 22.3.